The van der Waals surface area contributed by atoms with Crippen LogP contribution in [-0.4, -0.2) is 31.8 Å². The molecule has 0 aliphatic carbocycles. The van der Waals surface area contributed by atoms with Crippen LogP contribution in [0.1, 0.15) is 5.56 Å². The van der Waals surface area contributed by atoms with E-state index in [4.69, 9.17) is 45.5 Å². The predicted molar refractivity (Wildman–Crippen MR) is 101 cm³/mol. The molecule has 0 radical (unpaired) electrons. The highest BCUT2D eigenvalue weighted by atomic mass is 35.6. The summed E-state index contributed by atoms with van der Waals surface area (Å²) in [7, 11) is -3.49. The average molecular weight is 416 g/mol. The van der Waals surface area contributed by atoms with E-state index >= 15 is 0 Å². The molecule has 0 amide bonds. The lowest BCUT2D eigenvalue weighted by atomic mass is 10.2. The molecule has 0 fully saturated rings. The first-order valence-electron chi connectivity index (χ1n) is 6.96. The molecule has 124 valence electrons. The first-order valence-corrected chi connectivity index (χ1v) is 16.3. The van der Waals surface area contributed by atoms with Gasteiger partial charge in [-0.25, -0.2) is 0 Å². The second kappa shape index (κ2) is 7.77. The minimum Gasteiger partial charge on any atom is -0.600 e. The molecule has 9 heteroatoms. The summed E-state index contributed by atoms with van der Waals surface area (Å²) in [6.07, 6.45) is 0. The van der Waals surface area contributed by atoms with Gasteiger partial charge in [-0.3, -0.25) is 0 Å². The van der Waals surface area contributed by atoms with Gasteiger partial charge in [-0.05, 0) is 51.4 Å². The van der Waals surface area contributed by atoms with Gasteiger partial charge in [0.1, 0.15) is 0 Å². The van der Waals surface area contributed by atoms with E-state index in [9.17, 15) is 0 Å². The lowest BCUT2D eigenvalue weighted by Crippen LogP contribution is -2.46. The molecule has 0 unspecified atom stereocenters. The van der Waals surface area contributed by atoms with Crippen molar-refractivity contribution in [1.82, 2.24) is 0 Å². The number of halogens is 3. The highest BCUT2D eigenvalue weighted by Crippen LogP contribution is 2.38. The Labute approximate surface area is 155 Å². The molecular weight excluding hydrogens is 394 g/mol. The molecule has 0 saturated heterocycles. The van der Waals surface area contributed by atoms with Crippen LogP contribution in [0.25, 0.3) is 0 Å². The van der Waals surface area contributed by atoms with Crippen molar-refractivity contribution in [3.63, 3.8) is 0 Å². The summed E-state index contributed by atoms with van der Waals surface area (Å²) in [5.41, 5.74) is 0.597. The number of benzene rings is 1. The quantitative estimate of drug-likeness (QED) is 0.448. The highest BCUT2D eigenvalue weighted by Gasteiger charge is 2.43. The van der Waals surface area contributed by atoms with Gasteiger partial charge >= 0.3 is 15.1 Å². The third-order valence-corrected chi connectivity index (χ3v) is 10.6. The second-order valence-corrected chi connectivity index (χ2v) is 20.3. The van der Waals surface area contributed by atoms with E-state index < -0.39 is 35.6 Å². The van der Waals surface area contributed by atoms with Gasteiger partial charge in [0.2, 0.25) is 3.79 Å². The lowest BCUT2D eigenvalue weighted by molar-refractivity contribution is 0.302. The highest BCUT2D eigenvalue weighted by molar-refractivity contribution is 6.79. The molecule has 0 spiro atoms. The van der Waals surface area contributed by atoms with Gasteiger partial charge in [-0.15, -0.1) is 0 Å². The predicted octanol–water partition coefficient (Wildman–Crippen LogP) is 5.58. The normalized spacial score (nSPS) is 13.1. The summed E-state index contributed by atoms with van der Waals surface area (Å²) in [6, 6.07) is 7.02. The first kappa shape index (κ1) is 20.8. The first-order chi connectivity index (χ1) is 9.76. The summed E-state index contributed by atoms with van der Waals surface area (Å²) in [5.74, 6) is 0.672. The molecule has 0 aromatic heterocycles. The molecule has 0 saturated carbocycles. The zero-order chi connectivity index (χ0) is 17.2. The second-order valence-electron chi connectivity index (χ2n) is 6.89. The Morgan fingerprint density at radius 1 is 0.818 bits per heavy atom. The van der Waals surface area contributed by atoms with Crippen molar-refractivity contribution < 1.29 is 10.7 Å². The standard InChI is InChI=1S/C7H5Cl3O.2C3H9OSi.Al/c8-7(9,10)5-1-3-6(11)4-2-5;2*1-5(2,3)4;/h1-4,11H;2*1-3H3;/q;2*-1;+3/p-1. The SMILES string of the molecule is C[Si](C)(C)[O][Al]([O]c1ccc(C(Cl)(Cl)Cl)cc1)[O][Si](C)(C)C. The maximum Gasteiger partial charge on any atom is 0.979 e. The third kappa shape index (κ3) is 8.58. The van der Waals surface area contributed by atoms with Gasteiger partial charge in [0.15, 0.2) is 16.6 Å². The molecule has 0 atom stereocenters. The van der Waals surface area contributed by atoms with Crippen molar-refractivity contribution in [2.75, 3.05) is 0 Å². The molecule has 0 bridgehead atoms. The average Bonchev–Trinajstić information content (AvgIpc) is 2.23. The smallest absolute Gasteiger partial charge is 0.600 e. The fourth-order valence-electron chi connectivity index (χ4n) is 1.48. The van der Waals surface area contributed by atoms with Crippen LogP contribution in [0.5, 0.6) is 5.75 Å². The summed E-state index contributed by atoms with van der Waals surface area (Å²) >= 11 is 15.3. The Balaban J connectivity index is 2.85. The third-order valence-electron chi connectivity index (χ3n) is 2.31. The number of alkyl halides is 3. The summed E-state index contributed by atoms with van der Waals surface area (Å²) in [5, 5.41) is 0. The summed E-state index contributed by atoms with van der Waals surface area (Å²) in [4.78, 5) is 0. The molecule has 0 aliphatic heterocycles. The van der Waals surface area contributed by atoms with Crippen LogP contribution in [0, 0.1) is 0 Å². The minimum atomic E-state index is -2.24. The van der Waals surface area contributed by atoms with Gasteiger partial charge in [-0.2, -0.15) is 0 Å². The number of hydrogen-bond acceptors (Lipinski definition) is 3. The van der Waals surface area contributed by atoms with Crippen molar-refractivity contribution >= 4 is 66.6 Å². The fraction of sp³-hybridized carbons (Fsp3) is 0.538. The summed E-state index contributed by atoms with van der Waals surface area (Å²) in [6.45, 7) is 12.7. The van der Waals surface area contributed by atoms with Crippen molar-refractivity contribution in [2.45, 2.75) is 43.1 Å². The van der Waals surface area contributed by atoms with E-state index in [-0.39, 0.29) is 0 Å². The van der Waals surface area contributed by atoms with E-state index in [0.29, 0.717) is 11.3 Å². The molecule has 1 rings (SSSR count). The van der Waals surface area contributed by atoms with Crippen LogP contribution in [0.15, 0.2) is 24.3 Å². The molecule has 1 aromatic carbocycles. The lowest BCUT2D eigenvalue weighted by Gasteiger charge is -2.27. The Morgan fingerprint density at radius 2 is 1.23 bits per heavy atom. The topological polar surface area (TPSA) is 27.7 Å². The van der Waals surface area contributed by atoms with Crippen LogP contribution in [0.4, 0.5) is 0 Å². The van der Waals surface area contributed by atoms with E-state index in [1.807, 2.05) is 0 Å². The zero-order valence-corrected chi connectivity index (χ0v) is 19.2. The fourth-order valence-corrected chi connectivity index (χ4v) is 7.87. The zero-order valence-electron chi connectivity index (χ0n) is 13.7. The Hall–Kier alpha value is 0.776. The van der Waals surface area contributed by atoms with Crippen LogP contribution >= 0.6 is 34.8 Å². The van der Waals surface area contributed by atoms with E-state index in [1.165, 1.54) is 0 Å². The maximum atomic E-state index is 6.11. The van der Waals surface area contributed by atoms with Gasteiger partial charge in [-0.1, -0.05) is 46.9 Å². The van der Waals surface area contributed by atoms with Crippen LogP contribution in [0.3, 0.4) is 0 Å². The van der Waals surface area contributed by atoms with Crippen molar-refractivity contribution in [2.24, 2.45) is 0 Å². The summed E-state index contributed by atoms with van der Waals surface area (Å²) < 4.78 is 16.7. The molecule has 0 heterocycles. The number of hydrogen-bond donors (Lipinski definition) is 0. The van der Waals surface area contributed by atoms with E-state index in [0.717, 1.165) is 0 Å². The van der Waals surface area contributed by atoms with Crippen molar-refractivity contribution in [3.8, 4) is 5.75 Å². The van der Waals surface area contributed by atoms with Crippen molar-refractivity contribution in [3.05, 3.63) is 29.8 Å². The molecule has 0 aliphatic rings. The Bertz CT molecular complexity index is 465. The van der Waals surface area contributed by atoms with E-state index in [1.54, 1.807) is 24.3 Å². The van der Waals surface area contributed by atoms with Crippen LogP contribution in [-0.2, 0) is 10.7 Å². The Kier molecular flexibility index (Phi) is 7.36. The van der Waals surface area contributed by atoms with Crippen LogP contribution in [0.2, 0.25) is 39.3 Å². The molecule has 22 heavy (non-hydrogen) atoms. The van der Waals surface area contributed by atoms with Gasteiger partial charge in [0.05, 0.1) is 5.75 Å². The maximum absolute atomic E-state index is 6.11. The minimum absolute atomic E-state index is 0.597. The number of rotatable bonds is 6. The van der Waals surface area contributed by atoms with Crippen molar-refractivity contribution in [1.29, 1.82) is 0 Å². The van der Waals surface area contributed by atoms with Gasteiger partial charge < -0.3 is 10.7 Å². The Morgan fingerprint density at radius 3 is 1.55 bits per heavy atom. The molecule has 0 N–H and O–H groups in total. The van der Waals surface area contributed by atoms with Crippen LogP contribution < -0.4 is 3.79 Å². The van der Waals surface area contributed by atoms with E-state index in [2.05, 4.69) is 39.3 Å². The molecular formula is C13H22AlCl3O3Si2. The van der Waals surface area contributed by atoms with Gasteiger partial charge in [0, 0.05) is 5.56 Å². The molecule has 1 aromatic rings. The monoisotopic (exact) mass is 414 g/mol. The van der Waals surface area contributed by atoms with Gasteiger partial charge in [0.25, 0.3) is 0 Å². The largest absolute Gasteiger partial charge is 0.979 e. The molecule has 3 nitrogen and oxygen atoms in total.